The molecule has 0 saturated carbocycles. The maximum Gasteiger partial charge on any atom is 0.264 e. The van der Waals surface area contributed by atoms with Gasteiger partial charge in [-0.1, -0.05) is 13.8 Å². The van der Waals surface area contributed by atoms with Crippen LogP contribution in [0.3, 0.4) is 0 Å². The Morgan fingerprint density at radius 2 is 1.86 bits per heavy atom. The van der Waals surface area contributed by atoms with Crippen molar-refractivity contribution in [3.8, 4) is 11.3 Å². The molecule has 0 saturated heterocycles. The third kappa shape index (κ3) is 3.98. The summed E-state index contributed by atoms with van der Waals surface area (Å²) in [5.41, 5.74) is 12.5. The van der Waals surface area contributed by atoms with Crippen molar-refractivity contribution in [3.63, 3.8) is 0 Å². The number of hydrogen-bond acceptors (Lipinski definition) is 4. The fourth-order valence-electron chi connectivity index (χ4n) is 3.72. The smallest absolute Gasteiger partial charge is 0.264 e. The van der Waals surface area contributed by atoms with Crippen LogP contribution in [0, 0.1) is 13.8 Å². The summed E-state index contributed by atoms with van der Waals surface area (Å²) in [4.78, 5) is 23.6. The zero-order chi connectivity index (χ0) is 20.6. The van der Waals surface area contributed by atoms with Gasteiger partial charge in [0.1, 0.15) is 0 Å². The first-order valence-electron chi connectivity index (χ1n) is 9.87. The molecule has 28 heavy (non-hydrogen) atoms. The Balaban J connectivity index is 2.07. The summed E-state index contributed by atoms with van der Waals surface area (Å²) < 4.78 is 1.16. The Bertz CT molecular complexity index is 979. The third-order valence-corrected chi connectivity index (χ3v) is 6.00. The van der Waals surface area contributed by atoms with Crippen molar-refractivity contribution >= 4 is 27.5 Å². The van der Waals surface area contributed by atoms with E-state index in [9.17, 15) is 4.79 Å². The molecule has 0 radical (unpaired) electrons. The molecule has 5 nitrogen and oxygen atoms in total. The number of carbonyl (C=O) groups excluding carboxylic acids is 1. The van der Waals surface area contributed by atoms with E-state index >= 15 is 0 Å². The summed E-state index contributed by atoms with van der Waals surface area (Å²) in [6.45, 7) is 13.6. The molecule has 3 rings (SSSR count). The molecule has 0 aromatic carbocycles. The number of pyridine rings is 1. The number of thiophene rings is 1. The topological polar surface area (TPSA) is 75.0 Å². The Hall–Kier alpha value is -2.18. The van der Waals surface area contributed by atoms with Crippen LogP contribution >= 0.6 is 11.3 Å². The number of hydrogen-bond donors (Lipinski definition) is 2. The summed E-state index contributed by atoms with van der Waals surface area (Å²) in [5.74, 6) is 0.395. The molecular weight excluding hydrogens is 368 g/mol. The molecule has 0 bridgehead atoms. The van der Waals surface area contributed by atoms with Gasteiger partial charge in [0.25, 0.3) is 5.91 Å². The molecule has 1 unspecified atom stereocenters. The van der Waals surface area contributed by atoms with E-state index < -0.39 is 0 Å². The van der Waals surface area contributed by atoms with Crippen molar-refractivity contribution in [3.05, 3.63) is 40.0 Å². The maximum atomic E-state index is 13.0. The fraction of sp³-hybridized carbons (Fsp3) is 0.455. The number of aromatic nitrogens is 2. The molecule has 0 aliphatic rings. The van der Waals surface area contributed by atoms with E-state index in [2.05, 4.69) is 35.9 Å². The van der Waals surface area contributed by atoms with Crippen LogP contribution in [-0.2, 0) is 0 Å². The highest BCUT2D eigenvalue weighted by Gasteiger charge is 2.23. The average Bonchev–Trinajstić information content (AvgIpc) is 3.15. The number of H-pyrrole nitrogens is 1. The molecule has 0 spiro atoms. The highest BCUT2D eigenvalue weighted by atomic mass is 32.1. The number of nitrogens with zero attached hydrogens (tertiary/aromatic N) is 2. The molecule has 6 heteroatoms. The second-order valence-electron chi connectivity index (χ2n) is 7.88. The molecule has 0 aliphatic heterocycles. The SMILES string of the molecule is CCN(CC(C)N)C(=O)c1cc2[nH]c(-c3cc(C)nc(C)c3)c(C(C)C)c2s1. The second-order valence-corrected chi connectivity index (χ2v) is 8.93. The predicted octanol–water partition coefficient (Wildman–Crippen LogP) is 4.84. The van der Waals surface area contributed by atoms with Crippen LogP contribution in [0.1, 0.15) is 60.2 Å². The normalized spacial score (nSPS) is 12.7. The van der Waals surface area contributed by atoms with Crippen LogP contribution in [-0.4, -0.2) is 39.9 Å². The highest BCUT2D eigenvalue weighted by Crippen LogP contribution is 2.40. The van der Waals surface area contributed by atoms with Crippen molar-refractivity contribution in [2.45, 2.75) is 53.5 Å². The monoisotopic (exact) mass is 398 g/mol. The minimum absolute atomic E-state index is 0.0373. The largest absolute Gasteiger partial charge is 0.354 e. The first-order chi connectivity index (χ1) is 13.2. The summed E-state index contributed by atoms with van der Waals surface area (Å²) in [6, 6.07) is 6.18. The van der Waals surface area contributed by atoms with Gasteiger partial charge in [0.15, 0.2) is 0 Å². The number of rotatable bonds is 6. The number of aromatic amines is 1. The van der Waals surface area contributed by atoms with Gasteiger partial charge in [-0.15, -0.1) is 11.3 Å². The van der Waals surface area contributed by atoms with Gasteiger partial charge in [-0.25, -0.2) is 0 Å². The zero-order valence-corrected chi connectivity index (χ0v) is 18.4. The zero-order valence-electron chi connectivity index (χ0n) is 17.6. The number of amides is 1. The lowest BCUT2D eigenvalue weighted by Gasteiger charge is -2.22. The molecule has 3 aromatic rings. The van der Waals surface area contributed by atoms with Gasteiger partial charge in [0.05, 0.1) is 20.8 Å². The lowest BCUT2D eigenvalue weighted by molar-refractivity contribution is 0.0762. The van der Waals surface area contributed by atoms with Crippen LogP contribution in [0.4, 0.5) is 0 Å². The van der Waals surface area contributed by atoms with Crippen LogP contribution in [0.15, 0.2) is 18.2 Å². The second kappa shape index (κ2) is 8.05. The van der Waals surface area contributed by atoms with E-state index in [1.54, 1.807) is 11.3 Å². The fourth-order valence-corrected chi connectivity index (χ4v) is 5.00. The van der Waals surface area contributed by atoms with Crippen molar-refractivity contribution in [1.29, 1.82) is 0 Å². The van der Waals surface area contributed by atoms with E-state index in [0.29, 0.717) is 19.0 Å². The van der Waals surface area contributed by atoms with E-state index in [4.69, 9.17) is 5.73 Å². The van der Waals surface area contributed by atoms with Gasteiger partial charge in [0.2, 0.25) is 0 Å². The van der Waals surface area contributed by atoms with Crippen molar-refractivity contribution < 1.29 is 4.79 Å². The van der Waals surface area contributed by atoms with E-state index in [-0.39, 0.29) is 11.9 Å². The van der Waals surface area contributed by atoms with Crippen LogP contribution in [0.5, 0.6) is 0 Å². The Kier molecular flexibility index (Phi) is 5.91. The quantitative estimate of drug-likeness (QED) is 0.624. The van der Waals surface area contributed by atoms with Gasteiger partial charge in [-0.2, -0.15) is 0 Å². The Morgan fingerprint density at radius 3 is 2.39 bits per heavy atom. The van der Waals surface area contributed by atoms with Gasteiger partial charge in [-0.05, 0) is 57.4 Å². The summed E-state index contributed by atoms with van der Waals surface area (Å²) >= 11 is 1.58. The first kappa shape index (κ1) is 20.6. The third-order valence-electron chi connectivity index (χ3n) is 4.84. The number of carbonyl (C=O) groups is 1. The molecule has 0 fully saturated rings. The van der Waals surface area contributed by atoms with Gasteiger partial charge >= 0.3 is 0 Å². The molecule has 1 atom stereocenters. The molecular formula is C22H30N4OS. The standard InChI is InChI=1S/C22H30N4OS/c1-7-26(11-13(4)23)22(27)18-10-17-21(28-18)19(12(2)3)20(25-17)16-8-14(5)24-15(6)9-16/h8-10,12-13,25H,7,11,23H2,1-6H3. The molecule has 0 aliphatic carbocycles. The van der Waals surface area contributed by atoms with Crippen molar-refractivity contribution in [1.82, 2.24) is 14.9 Å². The van der Waals surface area contributed by atoms with Gasteiger partial charge in [-0.3, -0.25) is 9.78 Å². The first-order valence-corrected chi connectivity index (χ1v) is 10.7. The maximum absolute atomic E-state index is 13.0. The number of aryl methyl sites for hydroxylation is 2. The van der Waals surface area contributed by atoms with E-state index in [1.165, 1.54) is 5.56 Å². The molecule has 3 heterocycles. The number of nitrogens with two attached hydrogens (primary N) is 1. The summed E-state index contributed by atoms with van der Waals surface area (Å²) in [6.07, 6.45) is 0. The lowest BCUT2D eigenvalue weighted by atomic mass is 9.99. The number of nitrogens with one attached hydrogen (secondary N) is 1. The molecule has 3 N–H and O–H groups in total. The predicted molar refractivity (Wildman–Crippen MR) is 118 cm³/mol. The van der Waals surface area contributed by atoms with Gasteiger partial charge in [0, 0.05) is 36.1 Å². The van der Waals surface area contributed by atoms with E-state index in [1.807, 2.05) is 38.7 Å². The Morgan fingerprint density at radius 1 is 1.21 bits per heavy atom. The summed E-state index contributed by atoms with van der Waals surface area (Å²) in [7, 11) is 0. The highest BCUT2D eigenvalue weighted by molar-refractivity contribution is 7.21. The van der Waals surface area contributed by atoms with E-state index in [0.717, 1.165) is 37.7 Å². The lowest BCUT2D eigenvalue weighted by Crippen LogP contribution is -2.39. The number of fused-ring (bicyclic) bond motifs is 1. The van der Waals surface area contributed by atoms with Crippen LogP contribution in [0.2, 0.25) is 0 Å². The van der Waals surface area contributed by atoms with Crippen molar-refractivity contribution in [2.24, 2.45) is 5.73 Å². The molecule has 1 amide bonds. The minimum Gasteiger partial charge on any atom is -0.354 e. The number of likely N-dealkylation sites (N-methyl/N-ethyl adjacent to an activating group) is 1. The Labute approximate surface area is 171 Å². The van der Waals surface area contributed by atoms with Crippen molar-refractivity contribution in [2.75, 3.05) is 13.1 Å². The molecule has 150 valence electrons. The van der Waals surface area contributed by atoms with Crippen LogP contribution < -0.4 is 5.73 Å². The average molecular weight is 399 g/mol. The minimum atomic E-state index is -0.0373. The van der Waals surface area contributed by atoms with Crippen LogP contribution in [0.25, 0.3) is 21.5 Å². The molecule has 3 aromatic heterocycles. The van der Waals surface area contributed by atoms with Gasteiger partial charge < -0.3 is 15.6 Å². The summed E-state index contributed by atoms with van der Waals surface area (Å²) in [5, 5.41) is 0.